The largest absolute Gasteiger partial charge is 0.508 e. The van der Waals surface area contributed by atoms with Crippen LogP contribution in [0.15, 0.2) is 60.2 Å². The number of phenols is 1. The van der Waals surface area contributed by atoms with Crippen LogP contribution in [0.4, 0.5) is 0 Å². The van der Waals surface area contributed by atoms with Crippen LogP contribution in [-0.2, 0) is 6.42 Å². The first-order chi connectivity index (χ1) is 9.58. The van der Waals surface area contributed by atoms with Gasteiger partial charge in [-0.3, -0.25) is 0 Å². The quantitative estimate of drug-likeness (QED) is 0.425. The summed E-state index contributed by atoms with van der Waals surface area (Å²) >= 11 is 0. The molecule has 0 amide bonds. The lowest BCUT2D eigenvalue weighted by atomic mass is 10.1. The summed E-state index contributed by atoms with van der Waals surface area (Å²) in [7, 11) is 0. The van der Waals surface area contributed by atoms with Gasteiger partial charge >= 0.3 is 0 Å². The molecule has 0 unspecified atom stereocenters. The number of rotatable bonds is 8. The number of hydrogen-bond acceptors (Lipinski definition) is 2. The van der Waals surface area contributed by atoms with Crippen molar-refractivity contribution in [2.45, 2.75) is 26.7 Å². The first-order valence-electron chi connectivity index (χ1n) is 7.04. The van der Waals surface area contributed by atoms with Crippen molar-refractivity contribution in [2.75, 3.05) is 13.1 Å². The topological polar surface area (TPSA) is 32.3 Å². The summed E-state index contributed by atoms with van der Waals surface area (Å²) in [6.07, 6.45) is 8.33. The molecule has 2 N–H and O–H groups in total. The summed E-state index contributed by atoms with van der Waals surface area (Å²) < 4.78 is 0. The molecular formula is C18H25NO. The Morgan fingerprint density at radius 3 is 2.60 bits per heavy atom. The highest BCUT2D eigenvalue weighted by molar-refractivity contribution is 5.26. The van der Waals surface area contributed by atoms with Crippen molar-refractivity contribution in [3.63, 3.8) is 0 Å². The molecule has 0 saturated carbocycles. The van der Waals surface area contributed by atoms with Gasteiger partial charge in [-0.05, 0) is 50.9 Å². The second-order valence-electron chi connectivity index (χ2n) is 5.13. The van der Waals surface area contributed by atoms with E-state index in [2.05, 4.69) is 31.0 Å². The molecule has 0 fully saturated rings. The first-order valence-corrected chi connectivity index (χ1v) is 7.04. The lowest BCUT2D eigenvalue weighted by molar-refractivity contribution is 0.475. The van der Waals surface area contributed by atoms with Gasteiger partial charge in [0.25, 0.3) is 0 Å². The van der Waals surface area contributed by atoms with Crippen LogP contribution in [0.1, 0.15) is 25.8 Å². The number of nitrogens with one attached hydrogen (secondary N) is 1. The predicted octanol–water partition coefficient (Wildman–Crippen LogP) is 3.99. The van der Waals surface area contributed by atoms with E-state index in [1.807, 2.05) is 25.1 Å². The van der Waals surface area contributed by atoms with Crippen molar-refractivity contribution in [1.29, 1.82) is 0 Å². The zero-order valence-electron chi connectivity index (χ0n) is 12.5. The van der Waals surface area contributed by atoms with Crippen molar-refractivity contribution < 1.29 is 5.11 Å². The Balaban J connectivity index is 2.18. The van der Waals surface area contributed by atoms with Crippen LogP contribution < -0.4 is 5.32 Å². The Kier molecular flexibility index (Phi) is 7.44. The Labute approximate surface area is 122 Å². The number of benzene rings is 1. The maximum Gasteiger partial charge on any atom is 0.115 e. The van der Waals surface area contributed by atoms with Crippen molar-refractivity contribution in [2.24, 2.45) is 0 Å². The summed E-state index contributed by atoms with van der Waals surface area (Å²) in [5.41, 5.74) is 3.67. The van der Waals surface area contributed by atoms with E-state index in [1.165, 1.54) is 11.1 Å². The Hall–Kier alpha value is -1.80. The Morgan fingerprint density at radius 1 is 1.25 bits per heavy atom. The van der Waals surface area contributed by atoms with E-state index in [0.717, 1.165) is 31.5 Å². The average molecular weight is 271 g/mol. The molecular weight excluding hydrogens is 246 g/mol. The summed E-state index contributed by atoms with van der Waals surface area (Å²) in [6.45, 7) is 9.83. The second kappa shape index (κ2) is 9.16. The van der Waals surface area contributed by atoms with Gasteiger partial charge in [-0.2, -0.15) is 0 Å². The predicted molar refractivity (Wildman–Crippen MR) is 87.0 cm³/mol. The van der Waals surface area contributed by atoms with Gasteiger partial charge < -0.3 is 10.4 Å². The third-order valence-corrected chi connectivity index (χ3v) is 2.94. The van der Waals surface area contributed by atoms with Gasteiger partial charge in [0, 0.05) is 6.54 Å². The van der Waals surface area contributed by atoms with E-state index >= 15 is 0 Å². The summed E-state index contributed by atoms with van der Waals surface area (Å²) in [4.78, 5) is 0. The zero-order chi connectivity index (χ0) is 14.8. The molecule has 1 rings (SSSR count). The van der Waals surface area contributed by atoms with Crippen LogP contribution in [-0.4, -0.2) is 18.2 Å². The molecule has 0 bridgehead atoms. The average Bonchev–Trinajstić information content (AvgIpc) is 2.41. The van der Waals surface area contributed by atoms with E-state index in [0.29, 0.717) is 5.75 Å². The van der Waals surface area contributed by atoms with Gasteiger partial charge in [-0.1, -0.05) is 48.1 Å². The third kappa shape index (κ3) is 7.59. The van der Waals surface area contributed by atoms with Gasteiger partial charge in [-0.15, -0.1) is 0 Å². The van der Waals surface area contributed by atoms with Crippen LogP contribution in [0.5, 0.6) is 5.75 Å². The smallest absolute Gasteiger partial charge is 0.115 e. The number of allylic oxidation sites excluding steroid dienone is 4. The summed E-state index contributed by atoms with van der Waals surface area (Å²) in [6, 6.07) is 7.38. The molecule has 0 saturated heterocycles. The molecule has 108 valence electrons. The van der Waals surface area contributed by atoms with Crippen molar-refractivity contribution in [3.05, 3.63) is 65.8 Å². The van der Waals surface area contributed by atoms with Crippen LogP contribution >= 0.6 is 0 Å². The van der Waals surface area contributed by atoms with Gasteiger partial charge in [0.2, 0.25) is 0 Å². The van der Waals surface area contributed by atoms with Crippen molar-refractivity contribution in [1.82, 2.24) is 5.32 Å². The minimum Gasteiger partial charge on any atom is -0.508 e. The van der Waals surface area contributed by atoms with Gasteiger partial charge in [0.1, 0.15) is 5.75 Å². The molecule has 0 heterocycles. The van der Waals surface area contributed by atoms with Crippen molar-refractivity contribution >= 4 is 0 Å². The van der Waals surface area contributed by atoms with E-state index in [-0.39, 0.29) is 0 Å². The highest BCUT2D eigenvalue weighted by Gasteiger charge is 1.94. The Bertz CT molecular complexity index is 469. The minimum atomic E-state index is 0.323. The molecule has 0 aromatic heterocycles. The van der Waals surface area contributed by atoms with Crippen LogP contribution in [0.25, 0.3) is 0 Å². The second-order valence-corrected chi connectivity index (χ2v) is 5.13. The highest BCUT2D eigenvalue weighted by Crippen LogP contribution is 2.09. The third-order valence-electron chi connectivity index (χ3n) is 2.94. The molecule has 1 aromatic rings. The molecule has 20 heavy (non-hydrogen) atoms. The van der Waals surface area contributed by atoms with Gasteiger partial charge in [0.05, 0.1) is 0 Å². The molecule has 2 nitrogen and oxygen atoms in total. The van der Waals surface area contributed by atoms with Crippen molar-refractivity contribution in [3.8, 4) is 5.75 Å². The highest BCUT2D eigenvalue weighted by atomic mass is 16.3. The standard InChI is InChI=1S/C18H25NO/c1-15(2)6-4-5-7-16(3)14-19-13-12-17-8-10-18(20)11-9-17/h4,6-11,19-20H,1,5,12-14H2,2-3H3/b6-4-,16-7+. The SMILES string of the molecule is C=C(C)/C=C\C/C=C(\C)CNCCc1ccc(O)cc1. The lowest BCUT2D eigenvalue weighted by Gasteiger charge is -2.05. The van der Waals surface area contributed by atoms with Gasteiger partial charge in [0.15, 0.2) is 0 Å². The summed E-state index contributed by atoms with van der Waals surface area (Å²) in [5.74, 6) is 0.323. The summed E-state index contributed by atoms with van der Waals surface area (Å²) in [5, 5.41) is 12.6. The number of phenolic OH excluding ortho intramolecular Hbond substituents is 1. The van der Waals surface area contributed by atoms with Crippen LogP contribution in [0.2, 0.25) is 0 Å². The fourth-order valence-corrected chi connectivity index (χ4v) is 1.79. The zero-order valence-corrected chi connectivity index (χ0v) is 12.5. The first kappa shape index (κ1) is 16.3. The fourth-order valence-electron chi connectivity index (χ4n) is 1.79. The van der Waals surface area contributed by atoms with Crippen LogP contribution in [0.3, 0.4) is 0 Å². The molecule has 1 aromatic carbocycles. The van der Waals surface area contributed by atoms with E-state index in [9.17, 15) is 5.11 Å². The molecule has 0 atom stereocenters. The minimum absolute atomic E-state index is 0.323. The van der Waals surface area contributed by atoms with Crippen LogP contribution in [0, 0.1) is 0 Å². The molecule has 2 heteroatoms. The van der Waals surface area contributed by atoms with E-state index in [1.54, 1.807) is 12.1 Å². The lowest BCUT2D eigenvalue weighted by Crippen LogP contribution is -2.19. The number of aromatic hydroxyl groups is 1. The maximum atomic E-state index is 9.20. The molecule has 0 aliphatic carbocycles. The van der Waals surface area contributed by atoms with E-state index in [4.69, 9.17) is 0 Å². The molecule has 0 radical (unpaired) electrons. The molecule has 0 aliphatic heterocycles. The molecule has 0 aliphatic rings. The number of hydrogen-bond donors (Lipinski definition) is 2. The maximum absolute atomic E-state index is 9.20. The molecule has 0 spiro atoms. The fraction of sp³-hybridized carbons (Fsp3) is 0.333. The van der Waals surface area contributed by atoms with E-state index < -0.39 is 0 Å². The van der Waals surface area contributed by atoms with Gasteiger partial charge in [-0.25, -0.2) is 0 Å². The Morgan fingerprint density at radius 2 is 1.95 bits per heavy atom. The normalized spacial score (nSPS) is 12.0. The monoisotopic (exact) mass is 271 g/mol.